The number of amides is 2. The number of nitrogens with zero attached hydrogens (tertiary/aromatic N) is 3. The number of H-pyrrole nitrogens is 1. The van der Waals surface area contributed by atoms with Gasteiger partial charge in [-0.3, -0.25) is 14.6 Å². The molecular weight excluding hydrogens is 478 g/mol. The molecule has 0 unspecified atom stereocenters. The number of aromatic nitrogens is 3. The zero-order valence-corrected chi connectivity index (χ0v) is 21.6. The number of sulfone groups is 1. The molecule has 1 aliphatic carbocycles. The van der Waals surface area contributed by atoms with Gasteiger partial charge in [-0.15, -0.1) is 0 Å². The lowest BCUT2D eigenvalue weighted by Gasteiger charge is -2.24. The highest BCUT2D eigenvalue weighted by molar-refractivity contribution is 7.90. The first-order chi connectivity index (χ1) is 17.1. The Morgan fingerprint density at radius 3 is 2.67 bits per heavy atom. The molecule has 0 saturated heterocycles. The molecule has 2 aromatic heterocycles. The van der Waals surface area contributed by atoms with Gasteiger partial charge >= 0.3 is 0 Å². The summed E-state index contributed by atoms with van der Waals surface area (Å²) in [6.07, 6.45) is 4.95. The summed E-state index contributed by atoms with van der Waals surface area (Å²) in [4.78, 5) is 39.4. The fraction of sp³-hybridized carbons (Fsp3) is 0.385. The minimum absolute atomic E-state index is 0.0521. The summed E-state index contributed by atoms with van der Waals surface area (Å²) in [7, 11) is -3.65. The molecule has 10 heteroatoms. The molecule has 2 N–H and O–H groups in total. The minimum atomic E-state index is -3.65. The Morgan fingerprint density at radius 2 is 2.00 bits per heavy atom. The third-order valence-corrected chi connectivity index (χ3v) is 8.09. The van der Waals surface area contributed by atoms with Crippen molar-refractivity contribution in [2.24, 2.45) is 5.92 Å². The van der Waals surface area contributed by atoms with Crippen LogP contribution >= 0.6 is 0 Å². The van der Waals surface area contributed by atoms with Crippen LogP contribution in [-0.2, 0) is 16.4 Å². The number of carbonyl (C=O) groups is 2. The lowest BCUT2D eigenvalue weighted by Crippen LogP contribution is -2.35. The van der Waals surface area contributed by atoms with Crippen molar-refractivity contribution in [3.05, 3.63) is 53.0 Å². The van der Waals surface area contributed by atoms with Gasteiger partial charge in [0.25, 0.3) is 11.8 Å². The second-order valence-electron chi connectivity index (χ2n) is 9.64. The molecule has 0 spiro atoms. The maximum absolute atomic E-state index is 13.3. The average molecular weight is 508 g/mol. The number of rotatable bonds is 7. The van der Waals surface area contributed by atoms with Gasteiger partial charge in [0.15, 0.2) is 15.7 Å². The van der Waals surface area contributed by atoms with Crippen molar-refractivity contribution in [3.8, 4) is 22.6 Å². The Kier molecular flexibility index (Phi) is 5.94. The van der Waals surface area contributed by atoms with Gasteiger partial charge in [0.2, 0.25) is 0 Å². The lowest BCUT2D eigenvalue weighted by molar-refractivity contribution is 0.0694. The second kappa shape index (κ2) is 8.85. The number of imidazole rings is 1. The van der Waals surface area contributed by atoms with Gasteiger partial charge in [-0.2, -0.15) is 0 Å². The summed E-state index contributed by atoms with van der Waals surface area (Å²) < 4.78 is 25.5. The Labute approximate surface area is 210 Å². The van der Waals surface area contributed by atoms with E-state index in [0.29, 0.717) is 47.5 Å². The minimum Gasteiger partial charge on any atom is -0.351 e. The van der Waals surface area contributed by atoms with Crippen molar-refractivity contribution in [1.82, 2.24) is 25.2 Å². The van der Waals surface area contributed by atoms with Crippen LogP contribution in [0.4, 0.5) is 0 Å². The number of carbonyl (C=O) groups excluding carboxylic acids is 2. The fourth-order valence-electron chi connectivity index (χ4n) is 4.85. The number of aryl methyl sites for hydroxylation is 1. The Balaban J connectivity index is 1.55. The molecule has 3 aromatic rings. The summed E-state index contributed by atoms with van der Waals surface area (Å²) in [6.45, 7) is 6.54. The summed E-state index contributed by atoms with van der Waals surface area (Å²) >= 11 is 0. The Hall–Kier alpha value is -3.53. The van der Waals surface area contributed by atoms with Crippen molar-refractivity contribution in [2.75, 3.05) is 12.8 Å². The zero-order chi connectivity index (χ0) is 25.8. The molecule has 0 radical (unpaired) electrons. The molecule has 1 aliphatic heterocycles. The molecule has 1 atom stereocenters. The van der Waals surface area contributed by atoms with Gasteiger partial charge in [-0.25, -0.2) is 13.4 Å². The highest BCUT2D eigenvalue weighted by Gasteiger charge is 2.40. The molecule has 3 heterocycles. The zero-order valence-electron chi connectivity index (χ0n) is 20.8. The highest BCUT2D eigenvalue weighted by atomic mass is 32.2. The number of pyridine rings is 1. The number of benzene rings is 1. The van der Waals surface area contributed by atoms with E-state index in [-0.39, 0.29) is 28.3 Å². The average Bonchev–Trinajstić information content (AvgIpc) is 3.54. The van der Waals surface area contributed by atoms with E-state index in [2.05, 4.69) is 20.3 Å². The predicted molar refractivity (Wildman–Crippen MR) is 135 cm³/mol. The summed E-state index contributed by atoms with van der Waals surface area (Å²) in [5.41, 5.74) is 3.88. The van der Waals surface area contributed by atoms with Crippen molar-refractivity contribution in [1.29, 1.82) is 0 Å². The molecular formula is C26H29N5O4S. The van der Waals surface area contributed by atoms with E-state index < -0.39 is 9.84 Å². The first-order valence-electron chi connectivity index (χ1n) is 12.1. The van der Waals surface area contributed by atoms with Crippen LogP contribution in [-0.4, -0.2) is 58.9 Å². The topological polar surface area (TPSA) is 125 Å². The third-order valence-electron chi connectivity index (χ3n) is 6.97. The van der Waals surface area contributed by atoms with Gasteiger partial charge in [-0.1, -0.05) is 0 Å². The SMILES string of the molecule is CCNC(=O)c1nc(-c2cc(-c3cc4c(c(S(C)(=O)=O)c3)C(=O)N([C@@H](C)C3CC3)C4)ccn2)[nH]c1C. The van der Waals surface area contributed by atoms with Crippen LogP contribution in [0.15, 0.2) is 35.4 Å². The van der Waals surface area contributed by atoms with Gasteiger partial charge in [-0.05, 0) is 80.5 Å². The van der Waals surface area contributed by atoms with Crippen molar-refractivity contribution >= 4 is 21.7 Å². The summed E-state index contributed by atoms with van der Waals surface area (Å²) in [6, 6.07) is 7.14. The standard InChI is InChI=1S/C26H29N5O4S/c1-5-27-25(32)23-14(2)29-24(30-23)20-11-17(8-9-28-20)18-10-19-13-31(15(3)16-6-7-16)26(33)22(19)21(12-18)36(4,34)35/h8-12,15-16H,5-7,13H2,1-4H3,(H,27,32)(H,29,30)/t15-/m0/s1. The second-order valence-corrected chi connectivity index (χ2v) is 11.6. The fourth-order valence-corrected chi connectivity index (χ4v) is 5.78. The van der Waals surface area contributed by atoms with Gasteiger partial charge in [0.05, 0.1) is 10.5 Å². The molecule has 9 nitrogen and oxygen atoms in total. The molecule has 1 saturated carbocycles. The van der Waals surface area contributed by atoms with E-state index in [9.17, 15) is 18.0 Å². The Bertz CT molecular complexity index is 1490. The van der Waals surface area contributed by atoms with Gasteiger partial charge in [0, 0.05) is 37.3 Å². The van der Waals surface area contributed by atoms with Crippen LogP contribution < -0.4 is 5.32 Å². The summed E-state index contributed by atoms with van der Waals surface area (Å²) in [5.74, 6) is 0.448. The lowest BCUT2D eigenvalue weighted by atomic mass is 10.0. The number of hydrogen-bond donors (Lipinski definition) is 2. The summed E-state index contributed by atoms with van der Waals surface area (Å²) in [5, 5.41) is 2.74. The van der Waals surface area contributed by atoms with E-state index in [1.165, 1.54) is 0 Å². The van der Waals surface area contributed by atoms with Crippen LogP contribution in [0.1, 0.15) is 58.8 Å². The van der Waals surface area contributed by atoms with Crippen molar-refractivity contribution in [2.45, 2.75) is 51.1 Å². The molecule has 36 heavy (non-hydrogen) atoms. The van der Waals surface area contributed by atoms with E-state index >= 15 is 0 Å². The maximum atomic E-state index is 13.3. The molecule has 2 amide bonds. The first-order valence-corrected chi connectivity index (χ1v) is 14.0. The van der Waals surface area contributed by atoms with E-state index in [1.54, 1.807) is 36.2 Å². The largest absolute Gasteiger partial charge is 0.351 e. The number of nitrogens with one attached hydrogen (secondary N) is 2. The molecule has 0 bridgehead atoms. The van der Waals surface area contributed by atoms with E-state index in [0.717, 1.165) is 30.2 Å². The van der Waals surface area contributed by atoms with Crippen LogP contribution in [0.3, 0.4) is 0 Å². The number of aromatic amines is 1. The third kappa shape index (κ3) is 4.30. The Morgan fingerprint density at radius 1 is 1.25 bits per heavy atom. The van der Waals surface area contributed by atoms with Gasteiger partial charge < -0.3 is 15.2 Å². The van der Waals surface area contributed by atoms with Crippen LogP contribution in [0.5, 0.6) is 0 Å². The molecule has 1 fully saturated rings. The monoisotopic (exact) mass is 507 g/mol. The molecule has 2 aliphatic rings. The van der Waals surface area contributed by atoms with Crippen LogP contribution in [0, 0.1) is 12.8 Å². The van der Waals surface area contributed by atoms with E-state index in [4.69, 9.17) is 0 Å². The smallest absolute Gasteiger partial charge is 0.271 e. The predicted octanol–water partition coefficient (Wildman–Crippen LogP) is 3.35. The maximum Gasteiger partial charge on any atom is 0.271 e. The quantitative estimate of drug-likeness (QED) is 0.505. The van der Waals surface area contributed by atoms with E-state index in [1.807, 2.05) is 19.9 Å². The molecule has 188 valence electrons. The molecule has 5 rings (SSSR count). The van der Waals surface area contributed by atoms with Crippen molar-refractivity contribution < 1.29 is 18.0 Å². The first kappa shape index (κ1) is 24.2. The van der Waals surface area contributed by atoms with Crippen LogP contribution in [0.2, 0.25) is 0 Å². The molecule has 1 aromatic carbocycles. The number of fused-ring (bicyclic) bond motifs is 1. The number of hydrogen-bond acceptors (Lipinski definition) is 6. The van der Waals surface area contributed by atoms with Crippen molar-refractivity contribution in [3.63, 3.8) is 0 Å². The highest BCUT2D eigenvalue weighted by Crippen LogP contribution is 2.41. The normalized spacial score (nSPS) is 16.2. The van der Waals surface area contributed by atoms with Gasteiger partial charge in [0.1, 0.15) is 11.4 Å². The van der Waals surface area contributed by atoms with Crippen LogP contribution in [0.25, 0.3) is 22.6 Å².